The lowest BCUT2D eigenvalue weighted by Gasteiger charge is -2.20. The summed E-state index contributed by atoms with van der Waals surface area (Å²) in [6.07, 6.45) is 7.03. The molecule has 3 nitrogen and oxygen atoms in total. The van der Waals surface area contributed by atoms with Crippen molar-refractivity contribution in [2.45, 2.75) is 39.0 Å². The lowest BCUT2D eigenvalue weighted by atomic mass is 10.1. The molecule has 5 heteroatoms. The SMILES string of the molecule is CCCCCC/C=C(/F)N(c1ccccc1)S(C)(=O)=O. The van der Waals surface area contributed by atoms with Crippen molar-refractivity contribution in [2.75, 3.05) is 10.6 Å². The fourth-order valence-corrected chi connectivity index (χ4v) is 2.81. The zero-order chi connectivity index (χ0) is 15.0. The van der Waals surface area contributed by atoms with Crippen molar-refractivity contribution in [1.29, 1.82) is 0 Å². The van der Waals surface area contributed by atoms with E-state index in [9.17, 15) is 12.8 Å². The monoisotopic (exact) mass is 299 g/mol. The topological polar surface area (TPSA) is 37.4 Å². The molecule has 0 aliphatic rings. The fraction of sp³-hybridized carbons (Fsp3) is 0.467. The summed E-state index contributed by atoms with van der Waals surface area (Å²) in [6, 6.07) is 8.28. The van der Waals surface area contributed by atoms with E-state index in [1.165, 1.54) is 6.08 Å². The number of halogens is 1. The van der Waals surface area contributed by atoms with Crippen LogP contribution in [-0.2, 0) is 10.0 Å². The summed E-state index contributed by atoms with van der Waals surface area (Å²) >= 11 is 0. The van der Waals surface area contributed by atoms with Gasteiger partial charge < -0.3 is 0 Å². The minimum atomic E-state index is -3.67. The van der Waals surface area contributed by atoms with E-state index >= 15 is 0 Å². The normalized spacial score (nSPS) is 12.4. The molecule has 0 spiro atoms. The van der Waals surface area contributed by atoms with Gasteiger partial charge in [-0.3, -0.25) is 0 Å². The zero-order valence-electron chi connectivity index (χ0n) is 12.0. The molecule has 0 fully saturated rings. The molecule has 0 unspecified atom stereocenters. The molecule has 0 saturated carbocycles. The molecule has 0 radical (unpaired) electrons. The Labute approximate surface area is 121 Å². The highest BCUT2D eigenvalue weighted by Crippen LogP contribution is 2.23. The summed E-state index contributed by atoms with van der Waals surface area (Å²) in [7, 11) is -3.67. The van der Waals surface area contributed by atoms with Gasteiger partial charge in [0.2, 0.25) is 16.0 Å². The van der Waals surface area contributed by atoms with Crippen LogP contribution < -0.4 is 4.31 Å². The number of benzene rings is 1. The highest BCUT2D eigenvalue weighted by atomic mass is 32.2. The summed E-state index contributed by atoms with van der Waals surface area (Å²) in [5, 5.41) is 0. The van der Waals surface area contributed by atoms with Gasteiger partial charge in [0, 0.05) is 0 Å². The number of sulfonamides is 1. The Hall–Kier alpha value is -1.36. The third-order valence-corrected chi connectivity index (χ3v) is 3.94. The van der Waals surface area contributed by atoms with Crippen LogP contribution in [0.15, 0.2) is 42.4 Å². The van der Waals surface area contributed by atoms with Crippen molar-refractivity contribution >= 4 is 15.7 Å². The maximum atomic E-state index is 14.2. The Bertz CT molecular complexity index is 526. The second kappa shape index (κ2) is 8.04. The van der Waals surface area contributed by atoms with Crippen molar-refractivity contribution in [3.63, 3.8) is 0 Å². The lowest BCUT2D eigenvalue weighted by Crippen LogP contribution is -2.27. The third-order valence-electron chi connectivity index (χ3n) is 2.89. The van der Waals surface area contributed by atoms with E-state index in [2.05, 4.69) is 6.92 Å². The van der Waals surface area contributed by atoms with Crippen LogP contribution in [0.1, 0.15) is 39.0 Å². The van der Waals surface area contributed by atoms with Gasteiger partial charge in [0.1, 0.15) is 0 Å². The van der Waals surface area contributed by atoms with E-state index in [4.69, 9.17) is 0 Å². The van der Waals surface area contributed by atoms with E-state index in [1.54, 1.807) is 30.3 Å². The van der Waals surface area contributed by atoms with E-state index in [-0.39, 0.29) is 0 Å². The van der Waals surface area contributed by atoms with Crippen LogP contribution in [0, 0.1) is 0 Å². The number of anilines is 1. The molecule has 20 heavy (non-hydrogen) atoms. The third kappa shape index (κ3) is 5.33. The predicted molar refractivity (Wildman–Crippen MR) is 81.7 cm³/mol. The number of hydrogen-bond acceptors (Lipinski definition) is 2. The smallest absolute Gasteiger partial charge is 0.213 e. The van der Waals surface area contributed by atoms with Crippen LogP contribution in [-0.4, -0.2) is 14.7 Å². The van der Waals surface area contributed by atoms with Gasteiger partial charge in [-0.05, 0) is 31.1 Å². The Morgan fingerprint density at radius 2 is 1.85 bits per heavy atom. The maximum absolute atomic E-state index is 14.2. The Kier molecular flexibility index (Phi) is 6.71. The molecule has 0 bridgehead atoms. The molecule has 0 atom stereocenters. The van der Waals surface area contributed by atoms with Gasteiger partial charge >= 0.3 is 0 Å². The van der Waals surface area contributed by atoms with Crippen LogP contribution in [0.4, 0.5) is 10.1 Å². The highest BCUT2D eigenvalue weighted by molar-refractivity contribution is 7.92. The van der Waals surface area contributed by atoms with Crippen LogP contribution >= 0.6 is 0 Å². The van der Waals surface area contributed by atoms with E-state index in [0.717, 1.165) is 36.2 Å². The summed E-state index contributed by atoms with van der Waals surface area (Å²) in [6.45, 7) is 2.11. The van der Waals surface area contributed by atoms with E-state index < -0.39 is 16.0 Å². The standard InChI is InChI=1S/C15H22FNO2S/c1-3-4-5-6-10-13-15(16)17(20(2,18)19)14-11-8-7-9-12-14/h7-9,11-13H,3-6,10H2,1-2H3/b15-13-. The molecule has 112 valence electrons. The molecule has 1 aromatic carbocycles. The number of hydrogen-bond donors (Lipinski definition) is 0. The first-order valence-corrected chi connectivity index (χ1v) is 8.72. The number of nitrogens with zero attached hydrogens (tertiary/aromatic N) is 1. The zero-order valence-corrected chi connectivity index (χ0v) is 12.9. The van der Waals surface area contributed by atoms with Crippen LogP contribution in [0.2, 0.25) is 0 Å². The van der Waals surface area contributed by atoms with Gasteiger partial charge in [0.25, 0.3) is 0 Å². The Morgan fingerprint density at radius 1 is 1.20 bits per heavy atom. The second-order valence-corrected chi connectivity index (χ2v) is 6.57. The minimum absolute atomic E-state index is 0.317. The van der Waals surface area contributed by atoms with Gasteiger partial charge in [0.15, 0.2) is 0 Å². The first kappa shape index (κ1) is 16.7. The molecular weight excluding hydrogens is 277 g/mol. The molecule has 0 N–H and O–H groups in total. The van der Waals surface area contributed by atoms with Crippen molar-refractivity contribution in [3.05, 3.63) is 42.4 Å². The number of para-hydroxylation sites is 1. The minimum Gasteiger partial charge on any atom is -0.213 e. The summed E-state index contributed by atoms with van der Waals surface area (Å²) < 4.78 is 38.4. The maximum Gasteiger partial charge on any atom is 0.238 e. The summed E-state index contributed by atoms with van der Waals surface area (Å²) in [5.41, 5.74) is 0.317. The Morgan fingerprint density at radius 3 is 2.40 bits per heavy atom. The first-order chi connectivity index (χ1) is 9.46. The van der Waals surface area contributed by atoms with Gasteiger partial charge in [-0.1, -0.05) is 44.4 Å². The average molecular weight is 299 g/mol. The van der Waals surface area contributed by atoms with Crippen LogP contribution in [0.5, 0.6) is 0 Å². The van der Waals surface area contributed by atoms with Gasteiger partial charge in [0.05, 0.1) is 11.9 Å². The van der Waals surface area contributed by atoms with Crippen LogP contribution in [0.3, 0.4) is 0 Å². The molecular formula is C15H22FNO2S. The quantitative estimate of drug-likeness (QED) is 0.532. The largest absolute Gasteiger partial charge is 0.238 e. The van der Waals surface area contributed by atoms with Crippen molar-refractivity contribution in [2.24, 2.45) is 0 Å². The number of rotatable bonds is 8. The second-order valence-electron chi connectivity index (χ2n) is 4.74. The van der Waals surface area contributed by atoms with Gasteiger partial charge in [-0.2, -0.15) is 4.39 Å². The highest BCUT2D eigenvalue weighted by Gasteiger charge is 2.21. The predicted octanol–water partition coefficient (Wildman–Crippen LogP) is 4.23. The Balaban J connectivity index is 2.82. The first-order valence-electron chi connectivity index (χ1n) is 6.88. The summed E-state index contributed by atoms with van der Waals surface area (Å²) in [4.78, 5) is 0. The van der Waals surface area contributed by atoms with Gasteiger partial charge in [-0.15, -0.1) is 0 Å². The van der Waals surface area contributed by atoms with Crippen molar-refractivity contribution < 1.29 is 12.8 Å². The molecule has 0 saturated heterocycles. The number of unbranched alkanes of at least 4 members (excludes halogenated alkanes) is 4. The fourth-order valence-electron chi connectivity index (χ4n) is 1.91. The molecule has 0 heterocycles. The van der Waals surface area contributed by atoms with Crippen molar-refractivity contribution in [3.8, 4) is 0 Å². The lowest BCUT2D eigenvalue weighted by molar-refractivity contribution is 0.574. The summed E-state index contributed by atoms with van der Waals surface area (Å²) in [5.74, 6) is -0.727. The van der Waals surface area contributed by atoms with Crippen molar-refractivity contribution in [1.82, 2.24) is 0 Å². The molecule has 1 aromatic rings. The van der Waals surface area contributed by atoms with Crippen LogP contribution in [0.25, 0.3) is 0 Å². The number of allylic oxidation sites excluding steroid dienone is 1. The molecule has 0 aliphatic heterocycles. The van der Waals surface area contributed by atoms with E-state index in [1.807, 2.05) is 0 Å². The molecule has 1 rings (SSSR count). The van der Waals surface area contributed by atoms with Gasteiger partial charge in [-0.25, -0.2) is 12.7 Å². The molecule has 0 aliphatic carbocycles. The van der Waals surface area contributed by atoms with E-state index in [0.29, 0.717) is 12.1 Å². The molecule has 0 aromatic heterocycles. The molecule has 0 amide bonds. The average Bonchev–Trinajstić information content (AvgIpc) is 2.38.